The minimum atomic E-state index is -2.26. The van der Waals surface area contributed by atoms with E-state index in [-0.39, 0.29) is 18.3 Å². The first-order valence-electron chi connectivity index (χ1n) is 8.97. The number of alkyl halides is 2. The lowest BCUT2D eigenvalue weighted by Gasteiger charge is -2.49. The van der Waals surface area contributed by atoms with Crippen LogP contribution in [-0.4, -0.2) is 23.4 Å². The van der Waals surface area contributed by atoms with Gasteiger partial charge in [0, 0.05) is 18.8 Å². The van der Waals surface area contributed by atoms with E-state index in [9.17, 15) is 14.0 Å². The topological polar surface area (TPSA) is 34.1 Å². The van der Waals surface area contributed by atoms with Crippen LogP contribution in [0.2, 0.25) is 0 Å². The fourth-order valence-electron chi connectivity index (χ4n) is 6.20. The highest BCUT2D eigenvalue weighted by molar-refractivity contribution is 5.86. The molecule has 0 aliphatic heterocycles. The first-order valence-corrected chi connectivity index (χ1v) is 8.97. The minimum Gasteiger partial charge on any atom is -0.299 e. The summed E-state index contributed by atoms with van der Waals surface area (Å²) < 4.78 is 29.5. The molecule has 4 heteroatoms. The molecule has 126 valence electrons. The van der Waals surface area contributed by atoms with Crippen LogP contribution in [0.15, 0.2) is 11.6 Å². The summed E-state index contributed by atoms with van der Waals surface area (Å²) in [5.41, 5.74) is -0.990. The molecule has 0 saturated heterocycles. The maximum Gasteiger partial charge on any atom is 0.202 e. The highest BCUT2D eigenvalue weighted by atomic mass is 19.2. The fraction of sp³-hybridized carbons (Fsp3) is 0.789. The number of ketones is 2. The van der Waals surface area contributed by atoms with Crippen molar-refractivity contribution in [3.05, 3.63) is 11.6 Å². The van der Waals surface area contributed by atoms with Crippen LogP contribution in [0.5, 0.6) is 0 Å². The Balaban J connectivity index is 1.63. The lowest BCUT2D eigenvalue weighted by atomic mass is 9.56. The Labute approximate surface area is 135 Å². The van der Waals surface area contributed by atoms with Crippen LogP contribution < -0.4 is 0 Å². The predicted molar refractivity (Wildman–Crippen MR) is 82.3 cm³/mol. The highest BCUT2D eigenvalue weighted by Gasteiger charge is 2.63. The van der Waals surface area contributed by atoms with Gasteiger partial charge in [0.2, 0.25) is 5.67 Å². The first kappa shape index (κ1) is 15.5. The van der Waals surface area contributed by atoms with Gasteiger partial charge in [0.05, 0.1) is 0 Å². The molecule has 23 heavy (non-hydrogen) atoms. The highest BCUT2D eigenvalue weighted by Crippen LogP contribution is 2.60. The predicted octanol–water partition coefficient (Wildman–Crippen LogP) is 3.98. The van der Waals surface area contributed by atoms with Gasteiger partial charge >= 0.3 is 0 Å². The monoisotopic (exact) mass is 322 g/mol. The number of rotatable bonds is 1. The number of carbonyl (C=O) groups excluding carboxylic acids is 2. The SMILES string of the molecule is CC(=O)[C@]1(F)C2CCC3C4CCC(=O)CC4=CCC3[C@@H]2C[C@H]1F. The van der Waals surface area contributed by atoms with Crippen molar-refractivity contribution in [3.8, 4) is 0 Å². The first-order chi connectivity index (χ1) is 10.9. The van der Waals surface area contributed by atoms with E-state index in [1.54, 1.807) is 0 Å². The summed E-state index contributed by atoms with van der Waals surface area (Å²) in [5, 5.41) is 0. The molecule has 0 aromatic carbocycles. The maximum absolute atomic E-state index is 15.1. The molecule has 0 amide bonds. The molecule has 0 aromatic heterocycles. The zero-order valence-corrected chi connectivity index (χ0v) is 13.6. The normalized spacial score (nSPS) is 49.0. The molecule has 3 saturated carbocycles. The molecule has 4 rings (SSSR count). The smallest absolute Gasteiger partial charge is 0.202 e. The standard InChI is InChI=1S/C19H24F2O2/c1-10(22)19(21)17-7-6-14-13-5-3-12(23)8-11(13)2-4-15(14)16(17)9-18(19)20/h2,13-18H,3-9H2,1H3/t13?,14?,15?,16-,17?,18+,19-/m0/s1. The van der Waals surface area contributed by atoms with Gasteiger partial charge in [-0.3, -0.25) is 9.59 Å². The minimum absolute atomic E-state index is 0.0203. The molecule has 0 N–H and O–H groups in total. The zero-order chi connectivity index (χ0) is 16.4. The number of allylic oxidation sites excluding steroid dienone is 2. The van der Waals surface area contributed by atoms with E-state index in [4.69, 9.17) is 0 Å². The summed E-state index contributed by atoms with van der Waals surface area (Å²) in [6.45, 7) is 1.20. The average Bonchev–Trinajstić information content (AvgIpc) is 2.79. The number of hydrogen-bond acceptors (Lipinski definition) is 2. The Bertz CT molecular complexity index is 584. The van der Waals surface area contributed by atoms with Crippen molar-refractivity contribution in [2.75, 3.05) is 0 Å². The Morgan fingerprint density at radius 2 is 2.00 bits per heavy atom. The number of Topliss-reactive ketones (excluding diaryl/α,β-unsaturated/α-hetero) is 2. The molecule has 4 aliphatic carbocycles. The van der Waals surface area contributed by atoms with Crippen LogP contribution in [0.3, 0.4) is 0 Å². The van der Waals surface area contributed by atoms with Crippen molar-refractivity contribution in [3.63, 3.8) is 0 Å². The maximum atomic E-state index is 15.1. The van der Waals surface area contributed by atoms with Gasteiger partial charge in [-0.25, -0.2) is 8.78 Å². The van der Waals surface area contributed by atoms with Crippen LogP contribution in [0.25, 0.3) is 0 Å². The molecule has 0 bridgehead atoms. The van der Waals surface area contributed by atoms with Gasteiger partial charge in [0.15, 0.2) is 5.78 Å². The molecule has 0 radical (unpaired) electrons. The number of halogens is 2. The van der Waals surface area contributed by atoms with Crippen LogP contribution >= 0.6 is 0 Å². The largest absolute Gasteiger partial charge is 0.299 e. The lowest BCUT2D eigenvalue weighted by molar-refractivity contribution is -0.137. The van der Waals surface area contributed by atoms with E-state index in [1.807, 2.05) is 0 Å². The summed E-state index contributed by atoms with van der Waals surface area (Å²) in [6, 6.07) is 0. The lowest BCUT2D eigenvalue weighted by Crippen LogP contribution is -2.48. The number of hydrogen-bond donors (Lipinski definition) is 0. The Morgan fingerprint density at radius 1 is 1.22 bits per heavy atom. The Hall–Kier alpha value is -1.06. The number of carbonyl (C=O) groups is 2. The quantitative estimate of drug-likeness (QED) is 0.684. The third-order valence-corrected chi connectivity index (χ3v) is 7.22. The van der Waals surface area contributed by atoms with E-state index in [2.05, 4.69) is 6.08 Å². The molecule has 0 spiro atoms. The van der Waals surface area contributed by atoms with E-state index in [0.717, 1.165) is 19.3 Å². The van der Waals surface area contributed by atoms with Gasteiger partial charge in [-0.15, -0.1) is 0 Å². The summed E-state index contributed by atoms with van der Waals surface area (Å²) in [5.74, 6) is 0.383. The van der Waals surface area contributed by atoms with Crippen molar-refractivity contribution >= 4 is 11.6 Å². The molecular weight excluding hydrogens is 298 g/mol. The van der Waals surface area contributed by atoms with Gasteiger partial charge in [-0.1, -0.05) is 11.6 Å². The second-order valence-corrected chi connectivity index (χ2v) is 8.08. The molecule has 2 nitrogen and oxygen atoms in total. The second kappa shape index (κ2) is 5.22. The van der Waals surface area contributed by atoms with Crippen LogP contribution in [0, 0.1) is 29.6 Å². The third-order valence-electron chi connectivity index (χ3n) is 7.22. The van der Waals surface area contributed by atoms with Crippen LogP contribution in [0.1, 0.15) is 51.9 Å². The van der Waals surface area contributed by atoms with Gasteiger partial charge < -0.3 is 0 Å². The molecular formula is C19H24F2O2. The van der Waals surface area contributed by atoms with Gasteiger partial charge in [0.1, 0.15) is 12.0 Å². The van der Waals surface area contributed by atoms with Crippen molar-refractivity contribution in [1.82, 2.24) is 0 Å². The summed E-state index contributed by atoms with van der Waals surface area (Å²) >= 11 is 0. The summed E-state index contributed by atoms with van der Waals surface area (Å²) in [6.07, 6.45) is 5.14. The molecule has 7 atom stereocenters. The molecule has 3 fully saturated rings. The molecule has 4 aliphatic rings. The van der Waals surface area contributed by atoms with Gasteiger partial charge in [0.25, 0.3) is 0 Å². The third kappa shape index (κ3) is 2.09. The van der Waals surface area contributed by atoms with E-state index in [1.165, 1.54) is 12.5 Å². The van der Waals surface area contributed by atoms with Crippen LogP contribution in [-0.2, 0) is 9.59 Å². The molecule has 0 aromatic rings. The van der Waals surface area contributed by atoms with E-state index < -0.39 is 23.5 Å². The van der Waals surface area contributed by atoms with Crippen LogP contribution in [0.4, 0.5) is 8.78 Å². The van der Waals surface area contributed by atoms with Crippen molar-refractivity contribution < 1.29 is 18.4 Å². The van der Waals surface area contributed by atoms with Crippen molar-refractivity contribution in [2.45, 2.75) is 63.7 Å². The zero-order valence-electron chi connectivity index (χ0n) is 13.6. The Morgan fingerprint density at radius 3 is 2.74 bits per heavy atom. The van der Waals surface area contributed by atoms with E-state index in [0.29, 0.717) is 36.9 Å². The molecule has 4 unspecified atom stereocenters. The molecule has 0 heterocycles. The summed E-state index contributed by atoms with van der Waals surface area (Å²) in [4.78, 5) is 23.5. The van der Waals surface area contributed by atoms with Gasteiger partial charge in [-0.05, 0) is 62.7 Å². The number of fused-ring (bicyclic) bond motifs is 5. The van der Waals surface area contributed by atoms with Crippen molar-refractivity contribution in [2.24, 2.45) is 29.6 Å². The van der Waals surface area contributed by atoms with Crippen molar-refractivity contribution in [1.29, 1.82) is 0 Å². The second-order valence-electron chi connectivity index (χ2n) is 8.08. The van der Waals surface area contributed by atoms with Gasteiger partial charge in [-0.2, -0.15) is 0 Å². The summed E-state index contributed by atoms with van der Waals surface area (Å²) in [7, 11) is 0. The average molecular weight is 322 g/mol. The fourth-order valence-corrected chi connectivity index (χ4v) is 6.20. The Kier molecular flexibility index (Phi) is 3.51. The van der Waals surface area contributed by atoms with E-state index >= 15 is 4.39 Å².